The highest BCUT2D eigenvalue weighted by Crippen LogP contribution is 2.31. The Hall–Kier alpha value is -3.48. The predicted molar refractivity (Wildman–Crippen MR) is 94.0 cm³/mol. The lowest BCUT2D eigenvalue weighted by atomic mass is 10.1. The average molecular weight is 340 g/mol. The first-order valence-electron chi connectivity index (χ1n) is 7.61. The number of hydrogen-bond acceptors (Lipinski definition) is 5. The van der Waals surface area contributed by atoms with E-state index in [0.29, 0.717) is 22.2 Å². The van der Waals surface area contributed by atoms with Gasteiger partial charge in [0.25, 0.3) is 0 Å². The van der Waals surface area contributed by atoms with Gasteiger partial charge in [0.2, 0.25) is 0 Å². The SMILES string of the molecule is CCOC(=O)Nc1cc(O)ccc1-c1cc(=O)c2cccc(O)c2[nH]1. The van der Waals surface area contributed by atoms with Crippen LogP contribution in [-0.4, -0.2) is 27.9 Å². The third kappa shape index (κ3) is 3.25. The summed E-state index contributed by atoms with van der Waals surface area (Å²) < 4.78 is 4.85. The Balaban J connectivity index is 2.16. The Morgan fingerprint density at radius 1 is 1.20 bits per heavy atom. The van der Waals surface area contributed by atoms with Crippen molar-refractivity contribution in [2.24, 2.45) is 0 Å². The van der Waals surface area contributed by atoms with Crippen LogP contribution in [0.5, 0.6) is 11.5 Å². The number of rotatable bonds is 3. The van der Waals surface area contributed by atoms with Gasteiger partial charge < -0.3 is 19.9 Å². The maximum atomic E-state index is 12.3. The first-order valence-corrected chi connectivity index (χ1v) is 7.61. The molecule has 1 heterocycles. The Morgan fingerprint density at radius 3 is 2.76 bits per heavy atom. The summed E-state index contributed by atoms with van der Waals surface area (Å²) in [5.41, 5.74) is 1.12. The van der Waals surface area contributed by atoms with Crippen molar-refractivity contribution in [1.82, 2.24) is 4.98 Å². The van der Waals surface area contributed by atoms with Crippen molar-refractivity contribution in [3.8, 4) is 22.8 Å². The molecule has 4 N–H and O–H groups in total. The number of amides is 1. The second kappa shape index (κ2) is 6.56. The third-order valence-electron chi connectivity index (χ3n) is 3.65. The zero-order chi connectivity index (χ0) is 18.0. The Bertz CT molecular complexity index is 1010. The van der Waals surface area contributed by atoms with Gasteiger partial charge in [0, 0.05) is 23.1 Å². The number of phenolic OH excluding ortho intramolecular Hbond substituents is 2. The van der Waals surface area contributed by atoms with Crippen molar-refractivity contribution < 1.29 is 19.7 Å². The minimum absolute atomic E-state index is 0.0541. The number of hydrogen-bond donors (Lipinski definition) is 4. The van der Waals surface area contributed by atoms with E-state index in [0.717, 1.165) is 0 Å². The van der Waals surface area contributed by atoms with E-state index in [-0.39, 0.29) is 29.2 Å². The van der Waals surface area contributed by atoms with Crippen LogP contribution in [0.3, 0.4) is 0 Å². The Morgan fingerprint density at radius 2 is 2.00 bits per heavy atom. The number of carbonyl (C=O) groups is 1. The number of aromatic amines is 1. The highest BCUT2D eigenvalue weighted by atomic mass is 16.5. The first-order chi connectivity index (χ1) is 12.0. The molecule has 0 saturated carbocycles. The lowest BCUT2D eigenvalue weighted by Crippen LogP contribution is -2.14. The van der Waals surface area contributed by atoms with Gasteiger partial charge in [-0.3, -0.25) is 10.1 Å². The van der Waals surface area contributed by atoms with Gasteiger partial charge in [-0.05, 0) is 31.2 Å². The molecule has 1 aromatic heterocycles. The molecule has 0 aliphatic carbocycles. The fourth-order valence-electron chi connectivity index (χ4n) is 2.55. The molecular formula is C18H16N2O5. The van der Waals surface area contributed by atoms with Gasteiger partial charge in [-0.2, -0.15) is 0 Å². The molecule has 3 aromatic rings. The van der Waals surface area contributed by atoms with Gasteiger partial charge in [0.05, 0.1) is 23.5 Å². The summed E-state index contributed by atoms with van der Waals surface area (Å²) >= 11 is 0. The van der Waals surface area contributed by atoms with Crippen LogP contribution in [0.15, 0.2) is 47.3 Å². The summed E-state index contributed by atoms with van der Waals surface area (Å²) in [6, 6.07) is 10.3. The number of aromatic nitrogens is 1. The van der Waals surface area contributed by atoms with Crippen molar-refractivity contribution in [3.05, 3.63) is 52.7 Å². The summed E-state index contributed by atoms with van der Waals surface area (Å²) in [5, 5.41) is 22.6. The molecule has 0 fully saturated rings. The smallest absolute Gasteiger partial charge is 0.411 e. The molecule has 7 nitrogen and oxygen atoms in total. The standard InChI is InChI=1S/C18H16N2O5/c1-2-25-18(24)20-13-8-10(21)6-7-11(13)14-9-16(23)12-4-3-5-15(22)17(12)19-14/h3-9,21-22H,2H2,1H3,(H,19,23)(H,20,24). The Labute approximate surface area is 142 Å². The fraction of sp³-hybridized carbons (Fsp3) is 0.111. The minimum atomic E-state index is -0.680. The number of pyridine rings is 1. The lowest BCUT2D eigenvalue weighted by Gasteiger charge is -2.12. The van der Waals surface area contributed by atoms with Crippen LogP contribution >= 0.6 is 0 Å². The second-order valence-corrected chi connectivity index (χ2v) is 5.32. The molecule has 0 saturated heterocycles. The van der Waals surface area contributed by atoms with Gasteiger partial charge in [-0.15, -0.1) is 0 Å². The van der Waals surface area contributed by atoms with Crippen molar-refractivity contribution in [2.45, 2.75) is 6.92 Å². The van der Waals surface area contributed by atoms with E-state index < -0.39 is 6.09 Å². The van der Waals surface area contributed by atoms with Crippen LogP contribution in [-0.2, 0) is 4.74 Å². The molecule has 1 amide bonds. The monoisotopic (exact) mass is 340 g/mol. The summed E-state index contributed by atoms with van der Waals surface area (Å²) in [4.78, 5) is 27.0. The van der Waals surface area contributed by atoms with Crippen molar-refractivity contribution in [2.75, 3.05) is 11.9 Å². The number of phenols is 2. The fourth-order valence-corrected chi connectivity index (χ4v) is 2.55. The number of fused-ring (bicyclic) bond motifs is 1. The van der Waals surface area contributed by atoms with Crippen LogP contribution in [0, 0.1) is 0 Å². The molecule has 2 aromatic carbocycles. The maximum Gasteiger partial charge on any atom is 0.411 e. The zero-order valence-corrected chi connectivity index (χ0v) is 13.4. The van der Waals surface area contributed by atoms with Crippen molar-refractivity contribution in [1.29, 1.82) is 0 Å². The van der Waals surface area contributed by atoms with E-state index in [9.17, 15) is 19.8 Å². The molecule has 0 spiro atoms. The Kier molecular flexibility index (Phi) is 4.30. The molecule has 0 atom stereocenters. The van der Waals surface area contributed by atoms with E-state index in [1.807, 2.05) is 0 Å². The zero-order valence-electron chi connectivity index (χ0n) is 13.4. The number of ether oxygens (including phenoxy) is 1. The second-order valence-electron chi connectivity index (χ2n) is 5.32. The predicted octanol–water partition coefficient (Wildman–Crippen LogP) is 3.17. The van der Waals surface area contributed by atoms with Crippen molar-refractivity contribution >= 4 is 22.7 Å². The van der Waals surface area contributed by atoms with Crippen LogP contribution in [0.4, 0.5) is 10.5 Å². The molecule has 0 aliphatic heterocycles. The van der Waals surface area contributed by atoms with Gasteiger partial charge in [-0.1, -0.05) is 6.07 Å². The molecular weight excluding hydrogens is 324 g/mol. The number of carbonyl (C=O) groups excluding carboxylic acids is 1. The number of nitrogens with one attached hydrogen (secondary N) is 2. The van der Waals surface area contributed by atoms with Crippen LogP contribution in [0.2, 0.25) is 0 Å². The molecule has 0 bridgehead atoms. The summed E-state index contributed by atoms with van der Waals surface area (Å²) in [6.07, 6.45) is -0.680. The number of para-hydroxylation sites is 1. The molecule has 0 radical (unpaired) electrons. The molecule has 7 heteroatoms. The highest BCUT2D eigenvalue weighted by molar-refractivity contribution is 5.93. The summed E-state index contributed by atoms with van der Waals surface area (Å²) in [7, 11) is 0. The summed E-state index contributed by atoms with van der Waals surface area (Å²) in [6.45, 7) is 1.87. The number of aromatic hydroxyl groups is 2. The third-order valence-corrected chi connectivity index (χ3v) is 3.65. The highest BCUT2D eigenvalue weighted by Gasteiger charge is 2.13. The van der Waals surface area contributed by atoms with Crippen LogP contribution in [0.25, 0.3) is 22.2 Å². The van der Waals surface area contributed by atoms with Crippen molar-refractivity contribution in [3.63, 3.8) is 0 Å². The maximum absolute atomic E-state index is 12.3. The lowest BCUT2D eigenvalue weighted by molar-refractivity contribution is 0.168. The van der Waals surface area contributed by atoms with Crippen LogP contribution < -0.4 is 10.7 Å². The van der Waals surface area contributed by atoms with Gasteiger partial charge >= 0.3 is 6.09 Å². The molecule has 0 unspecified atom stereocenters. The number of H-pyrrole nitrogens is 1. The molecule has 3 rings (SSSR count). The van der Waals surface area contributed by atoms with E-state index >= 15 is 0 Å². The largest absolute Gasteiger partial charge is 0.508 e. The average Bonchev–Trinajstić information content (AvgIpc) is 2.56. The van der Waals surface area contributed by atoms with Gasteiger partial charge in [0.15, 0.2) is 5.43 Å². The molecule has 128 valence electrons. The van der Waals surface area contributed by atoms with Gasteiger partial charge in [-0.25, -0.2) is 4.79 Å². The van der Waals surface area contributed by atoms with E-state index in [1.165, 1.54) is 24.3 Å². The van der Waals surface area contributed by atoms with E-state index in [4.69, 9.17) is 4.74 Å². The minimum Gasteiger partial charge on any atom is -0.508 e. The quantitative estimate of drug-likeness (QED) is 0.585. The summed E-state index contributed by atoms with van der Waals surface area (Å²) in [5.74, 6) is -0.114. The van der Waals surface area contributed by atoms with Gasteiger partial charge in [0.1, 0.15) is 11.5 Å². The first kappa shape index (κ1) is 16.4. The van der Waals surface area contributed by atoms with Crippen LogP contribution in [0.1, 0.15) is 6.92 Å². The number of anilines is 1. The molecule has 25 heavy (non-hydrogen) atoms. The van der Waals surface area contributed by atoms with E-state index in [2.05, 4.69) is 10.3 Å². The number of benzene rings is 2. The topological polar surface area (TPSA) is 112 Å². The van der Waals surface area contributed by atoms with E-state index in [1.54, 1.807) is 25.1 Å². The normalized spacial score (nSPS) is 10.6. The molecule has 0 aliphatic rings.